The molecule has 0 saturated carbocycles. The number of amides is 2. The summed E-state index contributed by atoms with van der Waals surface area (Å²) in [6.45, 7) is 0.549. The van der Waals surface area contributed by atoms with Gasteiger partial charge in [0.25, 0.3) is 11.1 Å². The third-order valence-corrected chi connectivity index (χ3v) is 7.95. The fourth-order valence-electron chi connectivity index (χ4n) is 4.78. The monoisotopic (exact) mass is 556 g/mol. The lowest BCUT2D eigenvalue weighted by atomic mass is 10.1. The molecule has 2 amide bonds. The zero-order valence-corrected chi connectivity index (χ0v) is 22.2. The van der Waals surface area contributed by atoms with Crippen LogP contribution in [0.25, 0.3) is 27.8 Å². The summed E-state index contributed by atoms with van der Waals surface area (Å²) in [4.78, 5) is 27.5. The maximum atomic E-state index is 14.5. The van der Waals surface area contributed by atoms with Crippen LogP contribution < -0.4 is 4.74 Å². The topological polar surface area (TPSA) is 51.5 Å². The maximum absolute atomic E-state index is 14.5. The number of thioether (sulfide) groups is 1. The molecule has 6 rings (SSSR count). The number of benzene rings is 4. The quantitative estimate of drug-likeness (QED) is 0.192. The highest BCUT2D eigenvalue weighted by molar-refractivity contribution is 8.18. The molecule has 0 N–H and O–H groups in total. The molecule has 1 saturated heterocycles. The van der Waals surface area contributed by atoms with Crippen LogP contribution in [0.5, 0.6) is 5.75 Å². The second-order valence-corrected chi connectivity index (χ2v) is 10.5. The minimum absolute atomic E-state index is 0.138. The van der Waals surface area contributed by atoms with E-state index in [1.54, 1.807) is 18.2 Å². The van der Waals surface area contributed by atoms with Crippen LogP contribution in [0.3, 0.4) is 0 Å². The molecule has 5 aromatic rings. The van der Waals surface area contributed by atoms with Gasteiger partial charge in [-0.1, -0.05) is 72.3 Å². The molecule has 0 bridgehead atoms. The SMILES string of the molecule is O=C1S/C(=C\c2cn(Cc3c(F)cccc3Cl)c3ccccc23)C(=O)N1CCOc1cccc2ccccc12. The largest absolute Gasteiger partial charge is 0.491 e. The highest BCUT2D eigenvalue weighted by Crippen LogP contribution is 2.35. The second kappa shape index (κ2) is 10.6. The Morgan fingerprint density at radius 2 is 1.64 bits per heavy atom. The van der Waals surface area contributed by atoms with Crippen molar-refractivity contribution < 1.29 is 18.7 Å². The van der Waals surface area contributed by atoms with Gasteiger partial charge in [0.15, 0.2) is 0 Å². The highest BCUT2D eigenvalue weighted by Gasteiger charge is 2.35. The van der Waals surface area contributed by atoms with Gasteiger partial charge < -0.3 is 9.30 Å². The first-order chi connectivity index (χ1) is 19.0. The number of carbonyl (C=O) groups is 2. The van der Waals surface area contributed by atoms with E-state index in [1.807, 2.05) is 77.5 Å². The minimum Gasteiger partial charge on any atom is -0.491 e. The van der Waals surface area contributed by atoms with Crippen molar-refractivity contribution >= 4 is 62.3 Å². The zero-order valence-electron chi connectivity index (χ0n) is 20.6. The summed E-state index contributed by atoms with van der Waals surface area (Å²) < 4.78 is 22.3. The minimum atomic E-state index is -0.381. The average molecular weight is 557 g/mol. The molecule has 194 valence electrons. The van der Waals surface area contributed by atoms with Crippen molar-refractivity contribution in [1.82, 2.24) is 9.47 Å². The van der Waals surface area contributed by atoms with E-state index in [1.165, 1.54) is 11.0 Å². The molecule has 1 aliphatic rings. The third kappa shape index (κ3) is 4.91. The van der Waals surface area contributed by atoms with E-state index in [2.05, 4.69) is 0 Å². The van der Waals surface area contributed by atoms with E-state index < -0.39 is 0 Å². The van der Waals surface area contributed by atoms with Crippen LogP contribution in [-0.4, -0.2) is 33.8 Å². The smallest absolute Gasteiger partial charge is 0.293 e. The molecule has 1 fully saturated rings. The molecular formula is C31H22ClFN2O3S. The summed E-state index contributed by atoms with van der Waals surface area (Å²) in [5, 5.41) is 2.93. The summed E-state index contributed by atoms with van der Waals surface area (Å²) in [7, 11) is 0. The lowest BCUT2D eigenvalue weighted by Crippen LogP contribution is -2.32. The fraction of sp³-hybridized carbons (Fsp3) is 0.0968. The Morgan fingerprint density at radius 3 is 2.49 bits per heavy atom. The van der Waals surface area contributed by atoms with Gasteiger partial charge >= 0.3 is 0 Å². The van der Waals surface area contributed by atoms with E-state index in [9.17, 15) is 14.0 Å². The number of rotatable bonds is 7. The van der Waals surface area contributed by atoms with Gasteiger partial charge in [-0.05, 0) is 47.5 Å². The summed E-state index contributed by atoms with van der Waals surface area (Å²) in [5.41, 5.74) is 2.01. The van der Waals surface area contributed by atoms with Crippen molar-refractivity contribution in [3.05, 3.63) is 118 Å². The van der Waals surface area contributed by atoms with Gasteiger partial charge in [0.2, 0.25) is 0 Å². The summed E-state index contributed by atoms with van der Waals surface area (Å²) in [5.74, 6) is -0.0347. The molecule has 0 spiro atoms. The van der Waals surface area contributed by atoms with Crippen LogP contribution in [0.2, 0.25) is 5.02 Å². The van der Waals surface area contributed by atoms with Gasteiger partial charge in [0, 0.05) is 38.6 Å². The maximum Gasteiger partial charge on any atom is 0.293 e. The van der Waals surface area contributed by atoms with E-state index in [0.29, 0.717) is 21.2 Å². The molecule has 8 heteroatoms. The molecule has 1 aliphatic heterocycles. The number of fused-ring (bicyclic) bond motifs is 2. The molecular weight excluding hydrogens is 535 g/mol. The normalized spacial score (nSPS) is 14.7. The molecule has 0 radical (unpaired) electrons. The lowest BCUT2D eigenvalue weighted by molar-refractivity contribution is -0.123. The summed E-state index contributed by atoms with van der Waals surface area (Å²) in [6, 6.07) is 26.0. The Kier molecular flexibility index (Phi) is 6.85. The van der Waals surface area contributed by atoms with Gasteiger partial charge in [-0.2, -0.15) is 0 Å². The molecule has 4 aromatic carbocycles. The van der Waals surface area contributed by atoms with E-state index in [0.717, 1.165) is 39.0 Å². The second-order valence-electron chi connectivity index (χ2n) is 9.09. The number of hydrogen-bond donors (Lipinski definition) is 0. The van der Waals surface area contributed by atoms with Crippen molar-refractivity contribution in [2.75, 3.05) is 13.2 Å². The Morgan fingerprint density at radius 1 is 0.897 bits per heavy atom. The number of imide groups is 1. The van der Waals surface area contributed by atoms with Gasteiger partial charge in [-0.15, -0.1) is 0 Å². The first kappa shape index (κ1) is 25.2. The summed E-state index contributed by atoms with van der Waals surface area (Å²) in [6.07, 6.45) is 3.57. The van der Waals surface area contributed by atoms with Gasteiger partial charge in [-0.25, -0.2) is 4.39 Å². The first-order valence-electron chi connectivity index (χ1n) is 12.4. The highest BCUT2D eigenvalue weighted by atomic mass is 35.5. The van der Waals surface area contributed by atoms with Crippen LogP contribution >= 0.6 is 23.4 Å². The number of hydrogen-bond acceptors (Lipinski definition) is 4. The van der Waals surface area contributed by atoms with Crippen LogP contribution in [0, 0.1) is 5.82 Å². The molecule has 0 unspecified atom stereocenters. The van der Waals surface area contributed by atoms with Crippen LogP contribution in [-0.2, 0) is 11.3 Å². The Hall–Kier alpha value is -4.07. The average Bonchev–Trinajstić information content (AvgIpc) is 3.42. The predicted octanol–water partition coefficient (Wildman–Crippen LogP) is 7.75. The third-order valence-electron chi connectivity index (χ3n) is 6.69. The molecule has 0 atom stereocenters. The van der Waals surface area contributed by atoms with Gasteiger partial charge in [0.05, 0.1) is 18.0 Å². The van der Waals surface area contributed by atoms with Crippen molar-refractivity contribution in [3.8, 4) is 5.75 Å². The Labute approximate surface area is 233 Å². The summed E-state index contributed by atoms with van der Waals surface area (Å²) >= 11 is 7.17. The number of para-hydroxylation sites is 1. The number of nitrogens with zero attached hydrogens (tertiary/aromatic N) is 2. The van der Waals surface area contributed by atoms with Gasteiger partial charge in [0.1, 0.15) is 18.2 Å². The van der Waals surface area contributed by atoms with E-state index in [4.69, 9.17) is 16.3 Å². The number of halogens is 2. The standard InChI is InChI=1S/C31H22ClFN2O3S/c32-25-11-6-12-26(33)24(25)19-34-18-21(22-9-3-4-13-27(22)34)17-29-30(36)35(31(37)39-29)15-16-38-28-14-5-8-20-7-1-2-10-23(20)28/h1-14,17-18H,15-16,19H2/b29-17-. The lowest BCUT2D eigenvalue weighted by Gasteiger charge is -2.14. The number of ether oxygens (including phenoxy) is 1. The molecule has 1 aromatic heterocycles. The van der Waals surface area contributed by atoms with Crippen LogP contribution in [0.15, 0.2) is 96.0 Å². The van der Waals surface area contributed by atoms with Crippen LogP contribution in [0.1, 0.15) is 11.1 Å². The predicted molar refractivity (Wildman–Crippen MR) is 155 cm³/mol. The molecule has 5 nitrogen and oxygen atoms in total. The Balaban J connectivity index is 1.22. The first-order valence-corrected chi connectivity index (χ1v) is 13.6. The molecule has 2 heterocycles. The molecule has 0 aliphatic carbocycles. The Bertz CT molecular complexity index is 1760. The van der Waals surface area contributed by atoms with Crippen molar-refractivity contribution in [2.45, 2.75) is 6.54 Å². The van der Waals surface area contributed by atoms with E-state index in [-0.39, 0.29) is 36.7 Å². The van der Waals surface area contributed by atoms with E-state index >= 15 is 0 Å². The van der Waals surface area contributed by atoms with Crippen LogP contribution in [0.4, 0.5) is 9.18 Å². The van der Waals surface area contributed by atoms with Crippen molar-refractivity contribution in [1.29, 1.82) is 0 Å². The number of aromatic nitrogens is 1. The zero-order chi connectivity index (χ0) is 26.9. The fourth-order valence-corrected chi connectivity index (χ4v) is 5.86. The van der Waals surface area contributed by atoms with Crippen molar-refractivity contribution in [2.24, 2.45) is 0 Å². The van der Waals surface area contributed by atoms with Gasteiger partial charge in [-0.3, -0.25) is 14.5 Å². The van der Waals surface area contributed by atoms with Crippen molar-refractivity contribution in [3.63, 3.8) is 0 Å². The number of carbonyl (C=O) groups excluding carboxylic acids is 2. The molecule has 39 heavy (non-hydrogen) atoms.